The first-order valence-corrected chi connectivity index (χ1v) is 10.0. The molecule has 8 heteroatoms. The summed E-state index contributed by atoms with van der Waals surface area (Å²) in [6, 6.07) is 11.0. The number of nitrogens with one attached hydrogen (secondary N) is 2. The van der Waals surface area contributed by atoms with Gasteiger partial charge in [-0.3, -0.25) is 14.6 Å². The van der Waals surface area contributed by atoms with E-state index in [0.29, 0.717) is 19.0 Å². The van der Waals surface area contributed by atoms with Crippen LogP contribution < -0.4 is 15.6 Å². The van der Waals surface area contributed by atoms with Crippen LogP contribution >= 0.6 is 0 Å². The van der Waals surface area contributed by atoms with Crippen molar-refractivity contribution in [3.8, 4) is 17.1 Å². The van der Waals surface area contributed by atoms with E-state index in [9.17, 15) is 9.59 Å². The van der Waals surface area contributed by atoms with Gasteiger partial charge < -0.3 is 15.0 Å². The fourth-order valence-electron chi connectivity index (χ4n) is 2.72. The van der Waals surface area contributed by atoms with Crippen molar-refractivity contribution in [2.24, 2.45) is 0 Å². The lowest BCUT2D eigenvalue weighted by molar-refractivity contribution is -0.121. The second-order valence-electron chi connectivity index (χ2n) is 6.81. The zero-order valence-corrected chi connectivity index (χ0v) is 16.9. The highest BCUT2D eigenvalue weighted by Gasteiger charge is 2.10. The summed E-state index contributed by atoms with van der Waals surface area (Å²) in [6.07, 6.45) is 5.80. The molecule has 0 unspecified atom stereocenters. The van der Waals surface area contributed by atoms with Crippen LogP contribution in [0.1, 0.15) is 37.4 Å². The van der Waals surface area contributed by atoms with E-state index in [-0.39, 0.29) is 30.0 Å². The molecule has 3 aromatic rings. The van der Waals surface area contributed by atoms with E-state index in [1.54, 1.807) is 12.4 Å². The molecule has 0 saturated heterocycles. The van der Waals surface area contributed by atoms with Gasteiger partial charge in [-0.2, -0.15) is 0 Å². The summed E-state index contributed by atoms with van der Waals surface area (Å²) in [7, 11) is 0. The van der Waals surface area contributed by atoms with Crippen molar-refractivity contribution < 1.29 is 9.53 Å². The predicted octanol–water partition coefficient (Wildman–Crippen LogP) is 2.65. The predicted molar refractivity (Wildman–Crippen MR) is 113 cm³/mol. The van der Waals surface area contributed by atoms with Crippen molar-refractivity contribution >= 4 is 5.91 Å². The lowest BCUT2D eigenvalue weighted by atomic mass is 10.2. The number of hydrogen-bond acceptors (Lipinski definition) is 6. The number of aromatic amines is 1. The largest absolute Gasteiger partial charge is 0.494 e. The van der Waals surface area contributed by atoms with Crippen molar-refractivity contribution in [1.29, 1.82) is 0 Å². The molecular formula is C22H25N5O3. The Hall–Kier alpha value is -3.55. The van der Waals surface area contributed by atoms with E-state index < -0.39 is 0 Å². The Balaban J connectivity index is 1.53. The fraction of sp³-hybridized carbons (Fsp3) is 0.318. The van der Waals surface area contributed by atoms with E-state index >= 15 is 0 Å². The summed E-state index contributed by atoms with van der Waals surface area (Å²) >= 11 is 0. The lowest BCUT2D eigenvalue weighted by Crippen LogP contribution is -2.25. The minimum atomic E-state index is -0.342. The standard InChI is InChI=1S/C22H25N5O3/c1-2-3-14-30-18-6-4-17(5-7-18)21-25-22(29)19(26-27-21)8-9-20(28)24-15-16-10-12-23-13-11-16/h4-7,10-13H,2-3,8-9,14-15H2,1H3,(H,24,28)(H,25,27,29). The molecule has 0 aliphatic rings. The quantitative estimate of drug-likeness (QED) is 0.500. The highest BCUT2D eigenvalue weighted by atomic mass is 16.5. The van der Waals surface area contributed by atoms with Crippen molar-refractivity contribution in [2.75, 3.05) is 6.61 Å². The number of hydrogen-bond donors (Lipinski definition) is 2. The van der Waals surface area contributed by atoms with Gasteiger partial charge in [0.1, 0.15) is 11.4 Å². The lowest BCUT2D eigenvalue weighted by Gasteiger charge is -2.07. The molecule has 0 aliphatic carbocycles. The molecule has 156 valence electrons. The second kappa shape index (κ2) is 10.8. The molecule has 1 aromatic carbocycles. The number of carbonyl (C=O) groups is 1. The summed E-state index contributed by atoms with van der Waals surface area (Å²) in [6.45, 7) is 3.21. The summed E-state index contributed by atoms with van der Waals surface area (Å²) in [4.78, 5) is 31.0. The third-order valence-electron chi connectivity index (χ3n) is 4.49. The molecule has 2 aromatic heterocycles. The molecule has 3 rings (SSSR count). The Morgan fingerprint density at radius 3 is 2.57 bits per heavy atom. The molecule has 0 fully saturated rings. The number of aryl methyl sites for hydroxylation is 1. The minimum Gasteiger partial charge on any atom is -0.494 e. The van der Waals surface area contributed by atoms with Crippen molar-refractivity contribution in [2.45, 2.75) is 39.2 Å². The van der Waals surface area contributed by atoms with Gasteiger partial charge in [0.05, 0.1) is 6.61 Å². The van der Waals surface area contributed by atoms with E-state index in [0.717, 1.165) is 29.7 Å². The maximum Gasteiger partial charge on any atom is 0.273 e. The number of unbranched alkanes of at least 4 members (excludes halogenated alkanes) is 1. The third kappa shape index (κ3) is 6.23. The van der Waals surface area contributed by atoms with E-state index in [4.69, 9.17) is 4.74 Å². The summed E-state index contributed by atoms with van der Waals surface area (Å²) in [5.74, 6) is 0.999. The van der Waals surface area contributed by atoms with Crippen LogP contribution in [0.4, 0.5) is 0 Å². The SMILES string of the molecule is CCCCOc1ccc(-c2nnc(CCC(=O)NCc3ccncc3)c(=O)[nH]2)cc1. The number of nitrogens with zero attached hydrogens (tertiary/aromatic N) is 3. The Morgan fingerprint density at radius 1 is 1.10 bits per heavy atom. The Bertz CT molecular complexity index is 1000. The van der Waals surface area contributed by atoms with Gasteiger partial charge in [0.15, 0.2) is 5.82 Å². The molecule has 0 saturated carbocycles. The Kier molecular flexibility index (Phi) is 7.65. The van der Waals surface area contributed by atoms with Gasteiger partial charge in [0.2, 0.25) is 5.91 Å². The Labute approximate surface area is 174 Å². The van der Waals surface area contributed by atoms with Crippen LogP contribution in [0.3, 0.4) is 0 Å². The molecule has 2 heterocycles. The molecular weight excluding hydrogens is 382 g/mol. The highest BCUT2D eigenvalue weighted by Crippen LogP contribution is 2.18. The number of carbonyl (C=O) groups excluding carboxylic acids is 1. The van der Waals surface area contributed by atoms with Crippen molar-refractivity contribution in [3.05, 3.63) is 70.4 Å². The van der Waals surface area contributed by atoms with Crippen LogP contribution in [0.25, 0.3) is 11.4 Å². The van der Waals surface area contributed by atoms with E-state index in [1.165, 1.54) is 0 Å². The first-order chi connectivity index (χ1) is 14.7. The molecule has 30 heavy (non-hydrogen) atoms. The van der Waals surface area contributed by atoms with Gasteiger partial charge >= 0.3 is 0 Å². The van der Waals surface area contributed by atoms with Gasteiger partial charge in [-0.05, 0) is 48.4 Å². The van der Waals surface area contributed by atoms with Crippen LogP contribution in [0.5, 0.6) is 5.75 Å². The average molecular weight is 407 g/mol. The molecule has 0 spiro atoms. The fourth-order valence-corrected chi connectivity index (χ4v) is 2.72. The molecule has 1 amide bonds. The molecule has 0 aliphatic heterocycles. The number of aromatic nitrogens is 4. The molecule has 0 bridgehead atoms. The van der Waals surface area contributed by atoms with E-state index in [1.807, 2.05) is 36.4 Å². The first kappa shape index (κ1) is 21.2. The normalized spacial score (nSPS) is 10.6. The highest BCUT2D eigenvalue weighted by molar-refractivity contribution is 5.76. The van der Waals surface area contributed by atoms with Gasteiger partial charge in [0.25, 0.3) is 5.56 Å². The first-order valence-electron chi connectivity index (χ1n) is 10.0. The van der Waals surface area contributed by atoms with Crippen LogP contribution in [0.15, 0.2) is 53.6 Å². The zero-order chi connectivity index (χ0) is 21.2. The summed E-state index contributed by atoms with van der Waals surface area (Å²) in [5.41, 5.74) is 1.59. The molecule has 0 radical (unpaired) electrons. The minimum absolute atomic E-state index is 0.157. The maximum absolute atomic E-state index is 12.3. The third-order valence-corrected chi connectivity index (χ3v) is 4.49. The van der Waals surface area contributed by atoms with Gasteiger partial charge in [0, 0.05) is 37.3 Å². The number of benzene rings is 1. The summed E-state index contributed by atoms with van der Waals surface area (Å²) < 4.78 is 5.63. The van der Waals surface area contributed by atoms with Crippen molar-refractivity contribution in [3.63, 3.8) is 0 Å². The summed E-state index contributed by atoms with van der Waals surface area (Å²) in [5, 5.41) is 10.9. The van der Waals surface area contributed by atoms with Gasteiger partial charge in [-0.1, -0.05) is 13.3 Å². The average Bonchev–Trinajstić information content (AvgIpc) is 2.78. The van der Waals surface area contributed by atoms with Crippen LogP contribution in [0, 0.1) is 0 Å². The van der Waals surface area contributed by atoms with Gasteiger partial charge in [-0.15, -0.1) is 10.2 Å². The van der Waals surface area contributed by atoms with Gasteiger partial charge in [-0.25, -0.2) is 0 Å². The number of ether oxygens (including phenoxy) is 1. The van der Waals surface area contributed by atoms with Crippen LogP contribution in [-0.4, -0.2) is 32.7 Å². The van der Waals surface area contributed by atoms with Crippen LogP contribution in [-0.2, 0) is 17.8 Å². The Morgan fingerprint density at radius 2 is 1.87 bits per heavy atom. The number of rotatable bonds is 10. The maximum atomic E-state index is 12.3. The molecule has 0 atom stereocenters. The molecule has 2 N–H and O–H groups in total. The van der Waals surface area contributed by atoms with Crippen LogP contribution in [0.2, 0.25) is 0 Å². The topological polar surface area (TPSA) is 110 Å². The zero-order valence-electron chi connectivity index (χ0n) is 16.9. The second-order valence-corrected chi connectivity index (χ2v) is 6.81. The monoisotopic (exact) mass is 407 g/mol. The van der Waals surface area contributed by atoms with Crippen molar-refractivity contribution in [1.82, 2.24) is 25.5 Å². The smallest absolute Gasteiger partial charge is 0.273 e. The molecule has 8 nitrogen and oxygen atoms in total. The number of H-pyrrole nitrogens is 1. The number of pyridine rings is 1. The number of amides is 1. The van der Waals surface area contributed by atoms with E-state index in [2.05, 4.69) is 32.4 Å².